The predicted molar refractivity (Wildman–Crippen MR) is 64.7 cm³/mol. The number of nitrogens with zero attached hydrogens (tertiary/aromatic N) is 1. The number of piperidine rings is 1. The highest BCUT2D eigenvalue weighted by atomic mass is 16.4. The summed E-state index contributed by atoms with van der Waals surface area (Å²) < 4.78 is 0. The van der Waals surface area contributed by atoms with Crippen LogP contribution in [0.1, 0.15) is 25.7 Å². The quantitative estimate of drug-likeness (QED) is 0.757. The van der Waals surface area contributed by atoms with Crippen LogP contribution in [0.3, 0.4) is 0 Å². The molecule has 1 aliphatic carbocycles. The van der Waals surface area contributed by atoms with Gasteiger partial charge in [-0.1, -0.05) is 12.2 Å². The topological polar surface area (TPSA) is 60.8 Å². The van der Waals surface area contributed by atoms with Crippen molar-refractivity contribution in [2.75, 3.05) is 20.1 Å². The van der Waals surface area contributed by atoms with Crippen molar-refractivity contribution < 1.29 is 15.0 Å². The molecule has 0 aromatic heterocycles. The maximum atomic E-state index is 10.8. The molecule has 0 bridgehead atoms. The van der Waals surface area contributed by atoms with Crippen molar-refractivity contribution >= 4 is 5.97 Å². The maximum absolute atomic E-state index is 10.8. The van der Waals surface area contributed by atoms with E-state index in [2.05, 4.69) is 11.9 Å². The van der Waals surface area contributed by atoms with Gasteiger partial charge in [-0.05, 0) is 38.3 Å². The maximum Gasteiger partial charge on any atom is 0.331 e. The molecule has 1 saturated heterocycles. The Hall–Kier alpha value is -1.13. The van der Waals surface area contributed by atoms with E-state index in [4.69, 9.17) is 5.11 Å². The third-order valence-electron chi connectivity index (χ3n) is 3.84. The molecule has 94 valence electrons. The third kappa shape index (κ3) is 2.58. The molecule has 4 nitrogen and oxygen atoms in total. The zero-order chi connectivity index (χ0) is 12.5. The van der Waals surface area contributed by atoms with Crippen LogP contribution in [0.25, 0.3) is 0 Å². The van der Waals surface area contributed by atoms with Gasteiger partial charge < -0.3 is 15.1 Å². The van der Waals surface area contributed by atoms with E-state index in [0.717, 1.165) is 31.5 Å². The van der Waals surface area contributed by atoms with E-state index in [-0.39, 0.29) is 0 Å². The number of carboxylic acid groups (broad SMARTS) is 1. The SMILES string of the molecule is CN1CCC(O)(C2=CC=C(C(=O)O)CC2)CC1. The van der Waals surface area contributed by atoms with E-state index in [1.807, 2.05) is 0 Å². The molecule has 0 saturated carbocycles. The zero-order valence-electron chi connectivity index (χ0n) is 10.1. The lowest BCUT2D eigenvalue weighted by atomic mass is 9.79. The lowest BCUT2D eigenvalue weighted by molar-refractivity contribution is -0.132. The largest absolute Gasteiger partial charge is 0.478 e. The van der Waals surface area contributed by atoms with Gasteiger partial charge in [-0.25, -0.2) is 4.79 Å². The molecule has 4 heteroatoms. The summed E-state index contributed by atoms with van der Waals surface area (Å²) in [6, 6.07) is 0. The molecule has 1 aliphatic heterocycles. The number of likely N-dealkylation sites (tertiary alicyclic amines) is 1. The van der Waals surface area contributed by atoms with Gasteiger partial charge in [0.2, 0.25) is 0 Å². The van der Waals surface area contributed by atoms with Crippen LogP contribution >= 0.6 is 0 Å². The summed E-state index contributed by atoms with van der Waals surface area (Å²) in [7, 11) is 2.05. The van der Waals surface area contributed by atoms with Crippen LogP contribution in [0, 0.1) is 0 Å². The van der Waals surface area contributed by atoms with E-state index in [0.29, 0.717) is 18.4 Å². The Kier molecular flexibility index (Phi) is 3.35. The van der Waals surface area contributed by atoms with Crippen molar-refractivity contribution in [1.82, 2.24) is 4.90 Å². The summed E-state index contributed by atoms with van der Waals surface area (Å²) in [5.41, 5.74) is 0.716. The van der Waals surface area contributed by atoms with Crippen molar-refractivity contribution in [3.8, 4) is 0 Å². The fourth-order valence-corrected chi connectivity index (χ4v) is 2.51. The minimum Gasteiger partial charge on any atom is -0.478 e. The Morgan fingerprint density at radius 3 is 2.41 bits per heavy atom. The van der Waals surface area contributed by atoms with E-state index < -0.39 is 11.6 Å². The average molecular weight is 237 g/mol. The lowest BCUT2D eigenvalue weighted by Crippen LogP contribution is -2.44. The fraction of sp³-hybridized carbons (Fsp3) is 0.615. The summed E-state index contributed by atoms with van der Waals surface area (Å²) in [6.07, 6.45) is 6.12. The zero-order valence-corrected chi connectivity index (χ0v) is 10.1. The van der Waals surface area contributed by atoms with Crippen LogP contribution in [0.4, 0.5) is 0 Å². The van der Waals surface area contributed by atoms with Gasteiger partial charge in [0.25, 0.3) is 0 Å². The Labute approximate surface area is 101 Å². The van der Waals surface area contributed by atoms with Gasteiger partial charge in [0.15, 0.2) is 0 Å². The smallest absolute Gasteiger partial charge is 0.331 e. The lowest BCUT2D eigenvalue weighted by Gasteiger charge is -2.39. The summed E-state index contributed by atoms with van der Waals surface area (Å²) in [4.78, 5) is 13.0. The first kappa shape index (κ1) is 12.3. The van der Waals surface area contributed by atoms with E-state index >= 15 is 0 Å². The molecule has 2 aliphatic rings. The molecule has 2 N–H and O–H groups in total. The van der Waals surface area contributed by atoms with Crippen LogP contribution in [-0.4, -0.2) is 46.8 Å². The van der Waals surface area contributed by atoms with Gasteiger partial charge in [-0.2, -0.15) is 0 Å². The van der Waals surface area contributed by atoms with E-state index in [1.54, 1.807) is 12.2 Å². The van der Waals surface area contributed by atoms with Gasteiger partial charge >= 0.3 is 5.97 Å². The fourth-order valence-electron chi connectivity index (χ4n) is 2.51. The minimum absolute atomic E-state index is 0.435. The number of hydrogen-bond acceptors (Lipinski definition) is 3. The van der Waals surface area contributed by atoms with Gasteiger partial charge in [0, 0.05) is 18.7 Å². The molecule has 0 radical (unpaired) electrons. The highest BCUT2D eigenvalue weighted by molar-refractivity contribution is 5.87. The summed E-state index contributed by atoms with van der Waals surface area (Å²) >= 11 is 0. The number of rotatable bonds is 2. The molecular formula is C13H19NO3. The standard InChI is InChI=1S/C13H19NO3/c1-14-8-6-13(17,7-9-14)11-4-2-10(3-5-11)12(15)16/h2,4,17H,3,5-9H2,1H3,(H,15,16). The van der Waals surface area contributed by atoms with E-state index in [1.165, 1.54) is 0 Å². The summed E-state index contributed by atoms with van der Waals surface area (Å²) in [5, 5.41) is 19.4. The monoisotopic (exact) mass is 237 g/mol. The second-order valence-corrected chi connectivity index (χ2v) is 5.02. The molecule has 0 aromatic rings. The first-order valence-corrected chi connectivity index (χ1v) is 6.06. The molecule has 0 aromatic carbocycles. The van der Waals surface area contributed by atoms with Gasteiger partial charge in [0.05, 0.1) is 5.60 Å². The number of carbonyl (C=O) groups is 1. The van der Waals surface area contributed by atoms with Crippen LogP contribution in [0.2, 0.25) is 0 Å². The number of carboxylic acids is 1. The molecule has 0 amide bonds. The van der Waals surface area contributed by atoms with Gasteiger partial charge in [-0.15, -0.1) is 0 Å². The highest BCUT2D eigenvalue weighted by Crippen LogP contribution is 2.34. The van der Waals surface area contributed by atoms with Crippen molar-refractivity contribution in [2.24, 2.45) is 0 Å². The van der Waals surface area contributed by atoms with Gasteiger partial charge in [-0.3, -0.25) is 0 Å². The molecule has 2 rings (SSSR count). The Balaban J connectivity index is 2.11. The molecule has 0 atom stereocenters. The summed E-state index contributed by atoms with van der Waals surface area (Å²) in [6.45, 7) is 1.78. The third-order valence-corrected chi connectivity index (χ3v) is 3.84. The van der Waals surface area contributed by atoms with Crippen molar-refractivity contribution in [2.45, 2.75) is 31.3 Å². The molecule has 17 heavy (non-hydrogen) atoms. The second kappa shape index (κ2) is 4.63. The van der Waals surface area contributed by atoms with Gasteiger partial charge in [0.1, 0.15) is 0 Å². The molecule has 0 unspecified atom stereocenters. The van der Waals surface area contributed by atoms with Crippen molar-refractivity contribution in [3.05, 3.63) is 23.3 Å². The molecule has 0 spiro atoms. The summed E-state index contributed by atoms with van der Waals surface area (Å²) in [5.74, 6) is -0.851. The van der Waals surface area contributed by atoms with Crippen LogP contribution in [-0.2, 0) is 4.79 Å². The predicted octanol–water partition coefficient (Wildman–Crippen LogP) is 1.17. The first-order chi connectivity index (χ1) is 8.01. The Morgan fingerprint density at radius 1 is 1.29 bits per heavy atom. The van der Waals surface area contributed by atoms with Crippen LogP contribution in [0.5, 0.6) is 0 Å². The number of aliphatic carboxylic acids is 1. The Bertz CT molecular complexity index is 376. The van der Waals surface area contributed by atoms with E-state index in [9.17, 15) is 9.90 Å². The molecule has 1 fully saturated rings. The second-order valence-electron chi connectivity index (χ2n) is 5.02. The molecule has 1 heterocycles. The average Bonchev–Trinajstić information content (AvgIpc) is 2.33. The number of allylic oxidation sites excluding steroid dienone is 2. The number of aliphatic hydroxyl groups is 1. The minimum atomic E-state index is -0.851. The van der Waals surface area contributed by atoms with Crippen molar-refractivity contribution in [3.63, 3.8) is 0 Å². The first-order valence-electron chi connectivity index (χ1n) is 6.06. The van der Waals surface area contributed by atoms with Crippen LogP contribution in [0.15, 0.2) is 23.3 Å². The Morgan fingerprint density at radius 2 is 1.94 bits per heavy atom. The highest BCUT2D eigenvalue weighted by Gasteiger charge is 2.35. The van der Waals surface area contributed by atoms with Crippen molar-refractivity contribution in [1.29, 1.82) is 0 Å². The number of hydrogen-bond donors (Lipinski definition) is 2. The normalized spacial score (nSPS) is 25.1. The van der Waals surface area contributed by atoms with Crippen LogP contribution < -0.4 is 0 Å². The molecular weight excluding hydrogens is 218 g/mol.